The molecule has 36 heavy (non-hydrogen) atoms. The molecule has 0 unspecified atom stereocenters. The summed E-state index contributed by atoms with van der Waals surface area (Å²) in [5.74, 6) is 1.33. The third kappa shape index (κ3) is 8.97. The molecule has 0 saturated carbocycles. The summed E-state index contributed by atoms with van der Waals surface area (Å²) in [5.41, 5.74) is 2.58. The van der Waals surface area contributed by atoms with Crippen LogP contribution < -0.4 is 4.74 Å². The number of hydrogen-bond donors (Lipinski definition) is 1. The lowest BCUT2D eigenvalue weighted by Gasteiger charge is -2.14. The fraction of sp³-hybridized carbons (Fsp3) is 0.400. The zero-order chi connectivity index (χ0) is 26.2. The van der Waals surface area contributed by atoms with E-state index in [1.165, 1.54) is 6.21 Å². The van der Waals surface area contributed by atoms with Crippen LogP contribution in [0.5, 0.6) is 11.5 Å². The molecule has 0 saturated heterocycles. The molecule has 1 N–H and O–H groups in total. The molecule has 3 rings (SSSR count). The first-order valence-electron chi connectivity index (χ1n) is 11.7. The highest BCUT2D eigenvalue weighted by Crippen LogP contribution is 2.26. The van der Waals surface area contributed by atoms with Crippen LogP contribution in [0.25, 0.3) is 10.9 Å². The molecule has 2 aromatic carbocycles. The van der Waals surface area contributed by atoms with E-state index in [0.717, 1.165) is 34.5 Å². The minimum Gasteiger partial charge on any atom is -0.457 e. The van der Waals surface area contributed by atoms with Gasteiger partial charge in [0.1, 0.15) is 18.2 Å². The van der Waals surface area contributed by atoms with Crippen molar-refractivity contribution in [3.63, 3.8) is 0 Å². The van der Waals surface area contributed by atoms with Gasteiger partial charge in [-0.15, -0.1) is 0 Å². The van der Waals surface area contributed by atoms with Gasteiger partial charge in [-0.3, -0.25) is 13.9 Å². The van der Waals surface area contributed by atoms with E-state index in [1.807, 2.05) is 42.5 Å². The van der Waals surface area contributed by atoms with Crippen LogP contribution in [0.4, 0.5) is 0 Å². The Hall–Kier alpha value is -2.86. The van der Waals surface area contributed by atoms with Crippen LogP contribution in [0.2, 0.25) is 25.7 Å². The SMILES string of the molecule is C[Si](C)(C)CCOCN=C(CC=N)c1ccc(Oc2ccc3c(cnn3CCOS(C)(=O)=O)c2)cc1. The standard InChI is InChI=1S/C25H34N4O5SSi/c1-35(30,31)33-14-13-29-25-10-9-23(17-21(25)18-28-29)34-22-7-5-20(6-8-22)24(11-12-26)27-19-32-15-16-36(2,3)4/h5-10,12,17-18,26H,11,13-16,19H2,1-4H3. The van der Waals surface area contributed by atoms with E-state index in [0.29, 0.717) is 37.8 Å². The van der Waals surface area contributed by atoms with E-state index in [2.05, 4.69) is 29.7 Å². The van der Waals surface area contributed by atoms with Gasteiger partial charge >= 0.3 is 0 Å². The first-order chi connectivity index (χ1) is 17.0. The van der Waals surface area contributed by atoms with Crippen LogP contribution in [0.15, 0.2) is 53.7 Å². The van der Waals surface area contributed by atoms with E-state index in [-0.39, 0.29) is 6.61 Å². The molecule has 0 amide bonds. The van der Waals surface area contributed by atoms with E-state index in [1.54, 1.807) is 10.9 Å². The van der Waals surface area contributed by atoms with Gasteiger partial charge in [-0.25, -0.2) is 0 Å². The van der Waals surface area contributed by atoms with Crippen molar-refractivity contribution < 1.29 is 22.1 Å². The number of hydrogen-bond acceptors (Lipinski definition) is 8. The van der Waals surface area contributed by atoms with Gasteiger partial charge < -0.3 is 14.9 Å². The number of nitrogens with zero attached hydrogens (tertiary/aromatic N) is 3. The number of rotatable bonds is 14. The third-order valence-corrected chi connectivity index (χ3v) is 7.57. The van der Waals surface area contributed by atoms with Crippen molar-refractivity contribution in [3.05, 3.63) is 54.2 Å². The molecule has 0 aliphatic rings. The van der Waals surface area contributed by atoms with Crippen molar-refractivity contribution in [3.8, 4) is 11.5 Å². The third-order valence-electron chi connectivity index (χ3n) is 5.28. The average molecular weight is 531 g/mol. The molecule has 0 aliphatic heterocycles. The highest BCUT2D eigenvalue weighted by atomic mass is 32.2. The fourth-order valence-corrected chi connectivity index (χ4v) is 4.50. The Morgan fingerprint density at radius 2 is 1.83 bits per heavy atom. The van der Waals surface area contributed by atoms with Crippen LogP contribution in [-0.4, -0.2) is 64.4 Å². The van der Waals surface area contributed by atoms with E-state index >= 15 is 0 Å². The number of nitrogens with one attached hydrogen (secondary N) is 1. The average Bonchev–Trinajstić information content (AvgIpc) is 3.19. The monoisotopic (exact) mass is 530 g/mol. The normalized spacial score (nSPS) is 12.7. The van der Waals surface area contributed by atoms with Crippen molar-refractivity contribution in [1.29, 1.82) is 5.41 Å². The Balaban J connectivity index is 1.61. The van der Waals surface area contributed by atoms with Crippen LogP contribution in [0.1, 0.15) is 12.0 Å². The number of aromatic nitrogens is 2. The first-order valence-corrected chi connectivity index (χ1v) is 17.2. The van der Waals surface area contributed by atoms with Gasteiger partial charge in [0.05, 0.1) is 36.8 Å². The van der Waals surface area contributed by atoms with Crippen molar-refractivity contribution in [2.75, 3.05) is 26.2 Å². The summed E-state index contributed by atoms with van der Waals surface area (Å²) in [6.45, 7) is 8.29. The molecule has 9 nitrogen and oxygen atoms in total. The largest absolute Gasteiger partial charge is 0.457 e. The lowest BCUT2D eigenvalue weighted by Crippen LogP contribution is -2.21. The van der Waals surface area contributed by atoms with Crippen molar-refractivity contribution in [1.82, 2.24) is 9.78 Å². The molecule has 1 heterocycles. The highest BCUT2D eigenvalue weighted by molar-refractivity contribution is 7.85. The lowest BCUT2D eigenvalue weighted by molar-refractivity contribution is 0.155. The van der Waals surface area contributed by atoms with E-state index < -0.39 is 18.2 Å². The molecular weight excluding hydrogens is 496 g/mol. The Morgan fingerprint density at radius 1 is 1.11 bits per heavy atom. The maximum atomic E-state index is 11.1. The molecule has 194 valence electrons. The van der Waals surface area contributed by atoms with Gasteiger partial charge in [0, 0.05) is 32.7 Å². The summed E-state index contributed by atoms with van der Waals surface area (Å²) in [6, 6.07) is 14.3. The Bertz CT molecular complexity index is 1300. The molecule has 0 fully saturated rings. The minimum atomic E-state index is -3.48. The molecule has 11 heteroatoms. The van der Waals surface area contributed by atoms with Gasteiger partial charge in [-0.2, -0.15) is 13.5 Å². The maximum absolute atomic E-state index is 11.1. The predicted octanol–water partition coefficient (Wildman–Crippen LogP) is 4.95. The zero-order valence-corrected chi connectivity index (χ0v) is 23.0. The Morgan fingerprint density at radius 3 is 2.50 bits per heavy atom. The summed E-state index contributed by atoms with van der Waals surface area (Å²) >= 11 is 0. The van der Waals surface area contributed by atoms with Crippen molar-refractivity contribution in [2.45, 2.75) is 38.7 Å². The summed E-state index contributed by atoms with van der Waals surface area (Å²) in [7, 11) is -4.61. The molecule has 0 spiro atoms. The quantitative estimate of drug-likeness (QED) is 0.136. The Kier molecular flexibility index (Phi) is 9.54. The smallest absolute Gasteiger partial charge is 0.264 e. The fourth-order valence-electron chi connectivity index (χ4n) is 3.37. The van der Waals surface area contributed by atoms with Gasteiger partial charge in [0.15, 0.2) is 0 Å². The van der Waals surface area contributed by atoms with Crippen LogP contribution in [0.3, 0.4) is 0 Å². The second-order valence-electron chi connectivity index (χ2n) is 9.60. The second kappa shape index (κ2) is 12.4. The molecule has 0 bridgehead atoms. The minimum absolute atomic E-state index is 0.0219. The highest BCUT2D eigenvalue weighted by Gasteiger charge is 2.12. The van der Waals surface area contributed by atoms with Gasteiger partial charge in [-0.05, 0) is 54.1 Å². The number of benzene rings is 2. The topological polar surface area (TPSA) is 116 Å². The van der Waals surface area contributed by atoms with Crippen LogP contribution in [-0.2, 0) is 25.6 Å². The molecular formula is C25H34N4O5SSi. The van der Waals surface area contributed by atoms with Crippen LogP contribution >= 0.6 is 0 Å². The summed E-state index contributed by atoms with van der Waals surface area (Å²) in [6.07, 6.45) is 4.51. The second-order valence-corrected chi connectivity index (χ2v) is 16.9. The number of ether oxygens (including phenoxy) is 2. The molecule has 0 aliphatic carbocycles. The predicted molar refractivity (Wildman–Crippen MR) is 146 cm³/mol. The van der Waals surface area contributed by atoms with Gasteiger partial charge in [0.25, 0.3) is 10.1 Å². The summed E-state index contributed by atoms with van der Waals surface area (Å²) in [5, 5.41) is 12.7. The summed E-state index contributed by atoms with van der Waals surface area (Å²) in [4.78, 5) is 4.55. The molecule has 1 aromatic heterocycles. The number of fused-ring (bicyclic) bond motifs is 1. The lowest BCUT2D eigenvalue weighted by atomic mass is 10.1. The first kappa shape index (κ1) is 27.7. The zero-order valence-electron chi connectivity index (χ0n) is 21.2. The molecule has 0 radical (unpaired) electrons. The van der Waals surface area contributed by atoms with Gasteiger partial charge in [0.2, 0.25) is 0 Å². The van der Waals surface area contributed by atoms with Crippen molar-refractivity contribution >= 4 is 41.0 Å². The summed E-state index contributed by atoms with van der Waals surface area (Å²) < 4.78 is 40.5. The van der Waals surface area contributed by atoms with Crippen LogP contribution in [0, 0.1) is 5.41 Å². The number of aliphatic imine (C=N–C) groups is 1. The Labute approximate surface area is 213 Å². The van der Waals surface area contributed by atoms with E-state index in [4.69, 9.17) is 19.1 Å². The molecule has 0 atom stereocenters. The van der Waals surface area contributed by atoms with E-state index in [9.17, 15) is 8.42 Å². The van der Waals surface area contributed by atoms with Crippen molar-refractivity contribution in [2.24, 2.45) is 4.99 Å². The maximum Gasteiger partial charge on any atom is 0.264 e. The molecule has 3 aromatic rings. The van der Waals surface area contributed by atoms with Gasteiger partial charge in [-0.1, -0.05) is 19.6 Å².